The van der Waals surface area contributed by atoms with Crippen LogP contribution in [0.2, 0.25) is 0 Å². The lowest BCUT2D eigenvalue weighted by Gasteiger charge is -2.16. The molecule has 130 valence electrons. The molecule has 0 aliphatic rings. The van der Waals surface area contributed by atoms with Gasteiger partial charge in [-0.2, -0.15) is 5.10 Å². The summed E-state index contributed by atoms with van der Waals surface area (Å²) in [4.78, 5) is 14.2. The highest BCUT2D eigenvalue weighted by Gasteiger charge is 2.18. The van der Waals surface area contributed by atoms with Gasteiger partial charge in [0.25, 0.3) is 5.91 Å². The molecule has 0 saturated carbocycles. The second-order valence-corrected chi connectivity index (χ2v) is 5.87. The van der Waals surface area contributed by atoms with Crippen LogP contribution in [0.25, 0.3) is 10.9 Å². The average Bonchev–Trinajstić information content (AvgIpc) is 3.04. The fourth-order valence-corrected chi connectivity index (χ4v) is 2.55. The highest BCUT2D eigenvalue weighted by molar-refractivity contribution is 6.04. The van der Waals surface area contributed by atoms with Gasteiger partial charge in [0.2, 0.25) is 0 Å². The van der Waals surface area contributed by atoms with E-state index in [4.69, 9.17) is 9.47 Å². The molecule has 3 aromatic rings. The summed E-state index contributed by atoms with van der Waals surface area (Å²) in [5, 5.41) is 7.92. The van der Waals surface area contributed by atoms with Crippen LogP contribution in [-0.4, -0.2) is 48.3 Å². The molecular formula is C19H21N3O3. The summed E-state index contributed by atoms with van der Waals surface area (Å²) in [6.07, 6.45) is 0. The second kappa shape index (κ2) is 7.25. The van der Waals surface area contributed by atoms with Crippen molar-refractivity contribution in [2.45, 2.75) is 6.92 Å². The normalized spacial score (nSPS) is 10.7. The lowest BCUT2D eigenvalue weighted by atomic mass is 10.1. The van der Waals surface area contributed by atoms with Crippen LogP contribution in [0.5, 0.6) is 11.5 Å². The number of hydrogen-bond donors (Lipinski definition) is 1. The number of H-pyrrole nitrogens is 1. The van der Waals surface area contributed by atoms with Crippen LogP contribution in [-0.2, 0) is 0 Å². The molecule has 0 atom stereocenters. The summed E-state index contributed by atoms with van der Waals surface area (Å²) in [6, 6.07) is 13.2. The Kier molecular flexibility index (Phi) is 4.88. The molecule has 0 saturated heterocycles. The van der Waals surface area contributed by atoms with E-state index < -0.39 is 0 Å². The Labute approximate surface area is 146 Å². The minimum absolute atomic E-state index is 0.129. The van der Waals surface area contributed by atoms with E-state index in [2.05, 4.69) is 10.2 Å². The summed E-state index contributed by atoms with van der Waals surface area (Å²) in [5.41, 5.74) is 2.39. The number of carbonyl (C=O) groups is 1. The molecule has 3 rings (SSSR count). The fourth-order valence-electron chi connectivity index (χ4n) is 2.55. The summed E-state index contributed by atoms with van der Waals surface area (Å²) in [6.45, 7) is 2.86. The van der Waals surface area contributed by atoms with Gasteiger partial charge in [-0.25, -0.2) is 0 Å². The number of hydrogen-bond acceptors (Lipinski definition) is 4. The lowest BCUT2D eigenvalue weighted by Crippen LogP contribution is -2.31. The van der Waals surface area contributed by atoms with Gasteiger partial charge in [-0.3, -0.25) is 9.89 Å². The first-order valence-electron chi connectivity index (χ1n) is 8.05. The summed E-state index contributed by atoms with van der Waals surface area (Å²) >= 11 is 0. The third-order valence-corrected chi connectivity index (χ3v) is 4.02. The van der Waals surface area contributed by atoms with Gasteiger partial charge in [-0.15, -0.1) is 0 Å². The van der Waals surface area contributed by atoms with E-state index in [1.54, 1.807) is 19.1 Å². The van der Waals surface area contributed by atoms with E-state index in [-0.39, 0.29) is 5.91 Å². The van der Waals surface area contributed by atoms with Crippen LogP contribution < -0.4 is 9.47 Å². The number of nitrogens with zero attached hydrogens (tertiary/aromatic N) is 2. The van der Waals surface area contributed by atoms with E-state index in [0.29, 0.717) is 18.8 Å². The number of carbonyl (C=O) groups excluding carboxylic acids is 1. The van der Waals surface area contributed by atoms with E-state index >= 15 is 0 Å². The quantitative estimate of drug-likeness (QED) is 0.749. The molecule has 0 unspecified atom stereocenters. The predicted octanol–water partition coefficient (Wildman–Crippen LogP) is 3.03. The minimum atomic E-state index is -0.129. The molecule has 0 radical (unpaired) electrons. The van der Waals surface area contributed by atoms with Crippen LogP contribution in [0.4, 0.5) is 0 Å². The summed E-state index contributed by atoms with van der Waals surface area (Å²) in [5.74, 6) is 1.39. The van der Waals surface area contributed by atoms with Crippen molar-refractivity contribution in [3.8, 4) is 11.5 Å². The molecule has 1 aromatic heterocycles. The number of methoxy groups -OCH3 is 1. The maximum absolute atomic E-state index is 12.6. The Bertz CT molecular complexity index is 871. The first-order chi connectivity index (χ1) is 12.1. The number of amides is 1. The van der Waals surface area contributed by atoms with Crippen LogP contribution in [0.3, 0.4) is 0 Å². The SMILES string of the molecule is COc1ccc(OCCN(C)C(=O)c2n[nH]c3ccc(C)cc23)cc1. The first-order valence-corrected chi connectivity index (χ1v) is 8.05. The molecule has 0 aliphatic heterocycles. The monoisotopic (exact) mass is 339 g/mol. The Morgan fingerprint density at radius 1 is 1.16 bits per heavy atom. The van der Waals surface area contributed by atoms with E-state index in [9.17, 15) is 4.79 Å². The van der Waals surface area contributed by atoms with Crippen molar-refractivity contribution in [3.63, 3.8) is 0 Å². The van der Waals surface area contributed by atoms with Gasteiger partial charge < -0.3 is 14.4 Å². The molecule has 2 aromatic carbocycles. The van der Waals surface area contributed by atoms with Gasteiger partial charge >= 0.3 is 0 Å². The molecule has 6 nitrogen and oxygen atoms in total. The van der Waals surface area contributed by atoms with Gasteiger partial charge in [0, 0.05) is 12.4 Å². The second-order valence-electron chi connectivity index (χ2n) is 5.87. The van der Waals surface area contributed by atoms with E-state index in [1.807, 2.05) is 49.4 Å². The molecular weight excluding hydrogens is 318 g/mol. The Hall–Kier alpha value is -3.02. The topological polar surface area (TPSA) is 67.5 Å². The van der Waals surface area contributed by atoms with Crippen LogP contribution in [0.15, 0.2) is 42.5 Å². The molecule has 0 bridgehead atoms. The maximum Gasteiger partial charge on any atom is 0.274 e. The average molecular weight is 339 g/mol. The maximum atomic E-state index is 12.6. The van der Waals surface area contributed by atoms with Crippen molar-refractivity contribution in [2.75, 3.05) is 27.3 Å². The number of nitrogens with one attached hydrogen (secondary N) is 1. The molecule has 0 fully saturated rings. The number of fused-ring (bicyclic) bond motifs is 1. The van der Waals surface area contributed by atoms with Crippen molar-refractivity contribution >= 4 is 16.8 Å². The number of aryl methyl sites for hydroxylation is 1. The minimum Gasteiger partial charge on any atom is -0.497 e. The number of likely N-dealkylation sites (N-methyl/N-ethyl adjacent to an activating group) is 1. The van der Waals surface area contributed by atoms with Crippen molar-refractivity contribution < 1.29 is 14.3 Å². The highest BCUT2D eigenvalue weighted by atomic mass is 16.5. The fraction of sp³-hybridized carbons (Fsp3) is 0.263. The zero-order valence-electron chi connectivity index (χ0n) is 14.6. The zero-order chi connectivity index (χ0) is 17.8. The number of rotatable bonds is 6. The third kappa shape index (κ3) is 3.74. The van der Waals surface area contributed by atoms with E-state index in [1.165, 1.54) is 0 Å². The highest BCUT2D eigenvalue weighted by Crippen LogP contribution is 2.19. The molecule has 1 heterocycles. The van der Waals surface area contributed by atoms with Gasteiger partial charge in [-0.1, -0.05) is 11.6 Å². The third-order valence-electron chi connectivity index (χ3n) is 4.02. The van der Waals surface area contributed by atoms with Crippen LogP contribution in [0.1, 0.15) is 16.1 Å². The Morgan fingerprint density at radius 3 is 2.60 bits per heavy atom. The number of benzene rings is 2. The summed E-state index contributed by atoms with van der Waals surface area (Å²) in [7, 11) is 3.37. The summed E-state index contributed by atoms with van der Waals surface area (Å²) < 4.78 is 10.8. The zero-order valence-corrected chi connectivity index (χ0v) is 14.6. The van der Waals surface area contributed by atoms with E-state index in [0.717, 1.165) is 28.0 Å². The van der Waals surface area contributed by atoms with Gasteiger partial charge in [0.05, 0.1) is 19.2 Å². The predicted molar refractivity (Wildman–Crippen MR) is 96.3 cm³/mol. The molecule has 6 heteroatoms. The van der Waals surface area contributed by atoms with Crippen molar-refractivity contribution in [1.82, 2.24) is 15.1 Å². The first kappa shape index (κ1) is 16.8. The van der Waals surface area contributed by atoms with Crippen LogP contribution in [0, 0.1) is 6.92 Å². The number of aromatic nitrogens is 2. The van der Waals surface area contributed by atoms with Gasteiger partial charge in [-0.05, 0) is 43.3 Å². The lowest BCUT2D eigenvalue weighted by molar-refractivity contribution is 0.0770. The Morgan fingerprint density at radius 2 is 1.88 bits per heavy atom. The standard InChI is InChI=1S/C19H21N3O3/c1-13-4-9-17-16(12-13)18(21-20-17)19(23)22(2)10-11-25-15-7-5-14(24-3)6-8-15/h4-9,12H,10-11H2,1-3H3,(H,20,21). The number of ether oxygens (including phenoxy) is 2. The van der Waals surface area contributed by atoms with Crippen LogP contribution >= 0.6 is 0 Å². The Balaban J connectivity index is 1.61. The molecule has 1 amide bonds. The molecule has 0 aliphatic carbocycles. The van der Waals surface area contributed by atoms with Crippen molar-refractivity contribution in [3.05, 3.63) is 53.7 Å². The van der Waals surface area contributed by atoms with Crippen molar-refractivity contribution in [2.24, 2.45) is 0 Å². The van der Waals surface area contributed by atoms with Gasteiger partial charge in [0.1, 0.15) is 18.1 Å². The largest absolute Gasteiger partial charge is 0.497 e. The molecule has 25 heavy (non-hydrogen) atoms. The molecule has 1 N–H and O–H groups in total. The van der Waals surface area contributed by atoms with Gasteiger partial charge in [0.15, 0.2) is 5.69 Å². The number of aromatic amines is 1. The molecule has 0 spiro atoms. The van der Waals surface area contributed by atoms with Crippen molar-refractivity contribution in [1.29, 1.82) is 0 Å². The smallest absolute Gasteiger partial charge is 0.274 e.